The Bertz CT molecular complexity index is 1020. The highest BCUT2D eigenvalue weighted by molar-refractivity contribution is 7.07. The first-order valence-corrected chi connectivity index (χ1v) is 8.84. The van der Waals surface area contributed by atoms with Gasteiger partial charge >= 0.3 is 0 Å². The molecule has 0 aliphatic carbocycles. The molecule has 27 heavy (non-hydrogen) atoms. The fourth-order valence-electron chi connectivity index (χ4n) is 2.67. The van der Waals surface area contributed by atoms with Gasteiger partial charge < -0.3 is 9.64 Å². The fourth-order valence-corrected chi connectivity index (χ4v) is 3.21. The molecule has 0 saturated heterocycles. The minimum Gasteiger partial charge on any atom is -0.480 e. The Morgan fingerprint density at radius 3 is 2.85 bits per heavy atom. The van der Waals surface area contributed by atoms with Crippen molar-refractivity contribution in [2.24, 2.45) is 0 Å². The lowest BCUT2D eigenvalue weighted by Gasteiger charge is -2.17. The van der Waals surface area contributed by atoms with Gasteiger partial charge in [-0.2, -0.15) is 5.26 Å². The Morgan fingerprint density at radius 2 is 2.19 bits per heavy atom. The number of carbonyl (C=O) groups excluding carboxylic acids is 1. The molecule has 2 heterocycles. The third-order valence-electron chi connectivity index (χ3n) is 3.91. The van der Waals surface area contributed by atoms with E-state index < -0.39 is 5.82 Å². The molecule has 2 aromatic heterocycles. The molecule has 0 aliphatic heterocycles. The van der Waals surface area contributed by atoms with Crippen LogP contribution in [0.2, 0.25) is 0 Å². The van der Waals surface area contributed by atoms with E-state index in [1.54, 1.807) is 24.7 Å². The highest BCUT2D eigenvalue weighted by Gasteiger charge is 2.18. The van der Waals surface area contributed by atoms with Crippen molar-refractivity contribution < 1.29 is 13.9 Å². The lowest BCUT2D eigenvalue weighted by atomic mass is 9.99. The van der Waals surface area contributed by atoms with Gasteiger partial charge in [0.05, 0.1) is 24.9 Å². The van der Waals surface area contributed by atoms with Gasteiger partial charge in [0.1, 0.15) is 17.4 Å². The maximum absolute atomic E-state index is 14.2. The number of halogens is 1. The molecule has 0 N–H and O–H groups in total. The fraction of sp³-hybridized carbons (Fsp3) is 0.158. The second-order valence-electron chi connectivity index (χ2n) is 5.72. The van der Waals surface area contributed by atoms with Crippen molar-refractivity contribution in [2.75, 3.05) is 14.2 Å². The molecular formula is C19H15FN4O2S. The third kappa shape index (κ3) is 3.93. The number of nitrogens with zero attached hydrogens (tertiary/aromatic N) is 4. The first-order valence-electron chi connectivity index (χ1n) is 7.90. The summed E-state index contributed by atoms with van der Waals surface area (Å²) in [6.07, 6.45) is 1.47. The van der Waals surface area contributed by atoms with E-state index in [9.17, 15) is 14.4 Å². The lowest BCUT2D eigenvalue weighted by Crippen LogP contribution is -2.26. The number of nitriles is 1. The molecule has 0 radical (unpaired) electrons. The van der Waals surface area contributed by atoms with Crippen molar-refractivity contribution in [2.45, 2.75) is 6.54 Å². The molecule has 0 aliphatic rings. The van der Waals surface area contributed by atoms with Gasteiger partial charge in [0.25, 0.3) is 5.91 Å². The SMILES string of the molecule is COc1nccc(-c2cc(F)cc(C(=O)N(C)Cc3cscn3)c2)c1C#N. The first kappa shape index (κ1) is 18.5. The smallest absolute Gasteiger partial charge is 0.254 e. The van der Waals surface area contributed by atoms with Gasteiger partial charge in [0, 0.05) is 29.8 Å². The highest BCUT2D eigenvalue weighted by atomic mass is 32.1. The van der Waals surface area contributed by atoms with Crippen LogP contribution in [-0.2, 0) is 6.54 Å². The molecule has 0 atom stereocenters. The lowest BCUT2D eigenvalue weighted by molar-refractivity contribution is 0.0783. The van der Waals surface area contributed by atoms with E-state index in [0.29, 0.717) is 17.7 Å². The normalized spacial score (nSPS) is 10.3. The summed E-state index contributed by atoms with van der Waals surface area (Å²) in [6, 6.07) is 7.61. The second-order valence-corrected chi connectivity index (χ2v) is 6.44. The number of methoxy groups -OCH3 is 1. The van der Waals surface area contributed by atoms with Gasteiger partial charge in [0.2, 0.25) is 5.88 Å². The van der Waals surface area contributed by atoms with E-state index in [2.05, 4.69) is 9.97 Å². The van der Waals surface area contributed by atoms with Crippen molar-refractivity contribution in [3.63, 3.8) is 0 Å². The minimum atomic E-state index is -0.572. The zero-order valence-electron chi connectivity index (χ0n) is 14.6. The number of amides is 1. The Hall–Kier alpha value is -3.31. The maximum atomic E-state index is 14.2. The van der Waals surface area contributed by atoms with Gasteiger partial charge in [0.15, 0.2) is 0 Å². The summed E-state index contributed by atoms with van der Waals surface area (Å²) in [4.78, 5) is 22.3. The maximum Gasteiger partial charge on any atom is 0.254 e. The molecule has 0 fully saturated rings. The van der Waals surface area contributed by atoms with Crippen LogP contribution in [0.1, 0.15) is 21.6 Å². The van der Waals surface area contributed by atoms with Gasteiger partial charge in [-0.1, -0.05) is 0 Å². The van der Waals surface area contributed by atoms with Crippen molar-refractivity contribution in [1.82, 2.24) is 14.9 Å². The summed E-state index contributed by atoms with van der Waals surface area (Å²) in [5.41, 5.74) is 3.66. The van der Waals surface area contributed by atoms with Crippen LogP contribution in [0.3, 0.4) is 0 Å². The summed E-state index contributed by atoms with van der Waals surface area (Å²) in [5, 5.41) is 11.3. The molecule has 136 valence electrons. The molecule has 0 bridgehead atoms. The molecule has 6 nitrogen and oxygen atoms in total. The third-order valence-corrected chi connectivity index (χ3v) is 4.54. The second kappa shape index (κ2) is 7.93. The van der Waals surface area contributed by atoms with Gasteiger partial charge in [-0.3, -0.25) is 4.79 Å². The largest absolute Gasteiger partial charge is 0.480 e. The van der Waals surface area contributed by atoms with Crippen LogP contribution in [0.25, 0.3) is 11.1 Å². The number of hydrogen-bond acceptors (Lipinski definition) is 6. The molecule has 0 saturated carbocycles. The predicted molar refractivity (Wildman–Crippen MR) is 98.8 cm³/mol. The van der Waals surface area contributed by atoms with Gasteiger partial charge in [-0.25, -0.2) is 14.4 Å². The van der Waals surface area contributed by atoms with E-state index in [-0.39, 0.29) is 22.9 Å². The van der Waals surface area contributed by atoms with Crippen LogP contribution in [0, 0.1) is 17.1 Å². The molecule has 8 heteroatoms. The van der Waals surface area contributed by atoms with Crippen LogP contribution in [0.4, 0.5) is 4.39 Å². The number of thiazole rings is 1. The zero-order chi connectivity index (χ0) is 19.4. The predicted octanol–water partition coefficient (Wildman–Crippen LogP) is 3.50. The summed E-state index contributed by atoms with van der Waals surface area (Å²) in [5.74, 6) is -0.770. The molecule has 3 aromatic rings. The minimum absolute atomic E-state index is 0.146. The van der Waals surface area contributed by atoms with E-state index in [1.165, 1.54) is 41.7 Å². The molecule has 0 spiro atoms. The summed E-state index contributed by atoms with van der Waals surface area (Å²) in [6.45, 7) is 0.320. The van der Waals surface area contributed by atoms with Crippen molar-refractivity contribution in [1.29, 1.82) is 5.26 Å². The Balaban J connectivity index is 1.98. The molecule has 1 aromatic carbocycles. The molecule has 0 unspecified atom stereocenters. The number of aromatic nitrogens is 2. The first-order chi connectivity index (χ1) is 13.0. The van der Waals surface area contributed by atoms with Gasteiger partial charge in [-0.15, -0.1) is 11.3 Å². The van der Waals surface area contributed by atoms with Crippen molar-refractivity contribution in [3.8, 4) is 23.1 Å². The summed E-state index contributed by atoms with van der Waals surface area (Å²) >= 11 is 1.44. The Labute approximate surface area is 159 Å². The standard InChI is InChI=1S/C19H15FN4O2S/c1-24(9-15-10-27-11-23-15)19(25)13-5-12(6-14(20)7-13)16-3-4-22-18(26-2)17(16)8-21/h3-7,10-11H,9H2,1-2H3. The molecule has 3 rings (SSSR count). The van der Waals surface area contributed by atoms with E-state index >= 15 is 0 Å². The number of ether oxygens (including phenoxy) is 1. The van der Waals surface area contributed by atoms with Crippen LogP contribution >= 0.6 is 11.3 Å². The number of pyridine rings is 1. The average molecular weight is 382 g/mol. The number of benzene rings is 1. The summed E-state index contributed by atoms with van der Waals surface area (Å²) in [7, 11) is 3.03. The van der Waals surface area contributed by atoms with Crippen LogP contribution in [0.5, 0.6) is 5.88 Å². The van der Waals surface area contributed by atoms with Crippen molar-refractivity contribution >= 4 is 17.2 Å². The average Bonchev–Trinajstić information content (AvgIpc) is 3.19. The van der Waals surface area contributed by atoms with Crippen LogP contribution in [-0.4, -0.2) is 34.9 Å². The van der Waals surface area contributed by atoms with Crippen LogP contribution in [0.15, 0.2) is 41.4 Å². The Morgan fingerprint density at radius 1 is 1.37 bits per heavy atom. The monoisotopic (exact) mass is 382 g/mol. The topological polar surface area (TPSA) is 79.1 Å². The van der Waals surface area contributed by atoms with E-state index in [1.807, 2.05) is 11.4 Å². The van der Waals surface area contributed by atoms with Gasteiger partial charge in [-0.05, 0) is 29.8 Å². The highest BCUT2D eigenvalue weighted by Crippen LogP contribution is 2.30. The van der Waals surface area contributed by atoms with E-state index in [0.717, 1.165) is 5.69 Å². The van der Waals surface area contributed by atoms with Crippen LogP contribution < -0.4 is 4.74 Å². The summed E-state index contributed by atoms with van der Waals surface area (Å²) < 4.78 is 19.3. The molecule has 1 amide bonds. The molecular weight excluding hydrogens is 367 g/mol. The quantitative estimate of drug-likeness (QED) is 0.675. The number of carbonyl (C=O) groups is 1. The Kier molecular flexibility index (Phi) is 5.43. The van der Waals surface area contributed by atoms with E-state index in [4.69, 9.17) is 4.74 Å². The zero-order valence-corrected chi connectivity index (χ0v) is 15.5. The van der Waals surface area contributed by atoms with Crippen molar-refractivity contribution in [3.05, 3.63) is 64.0 Å². The number of hydrogen-bond donors (Lipinski definition) is 0. The number of rotatable bonds is 5.